The molecule has 116 valence electrons. The number of hydrogen-bond donors (Lipinski definition) is 1. The van der Waals surface area contributed by atoms with E-state index in [4.69, 9.17) is 5.11 Å². The summed E-state index contributed by atoms with van der Waals surface area (Å²) in [6.07, 6.45) is 2.95. The molecule has 3 aromatic rings. The van der Waals surface area contributed by atoms with Crippen LogP contribution in [-0.4, -0.2) is 11.7 Å². The van der Waals surface area contributed by atoms with Crippen molar-refractivity contribution in [2.45, 2.75) is 19.3 Å². The van der Waals surface area contributed by atoms with E-state index in [0.717, 1.165) is 19.3 Å². The number of aliphatic hydroxyl groups excluding tert-OH is 1. The molecular weight excluding hydrogens is 280 g/mol. The Bertz CT molecular complexity index is 703. The summed E-state index contributed by atoms with van der Waals surface area (Å²) in [5.41, 5.74) is 7.06. The number of fused-ring (bicyclic) bond motifs is 3. The SMILES string of the molecule is OCCCc1ccccc1.c1ccc2c(c1)Cc1ccccc1-2. The molecule has 0 spiro atoms. The third-order valence-corrected chi connectivity index (χ3v) is 4.17. The number of benzene rings is 3. The van der Waals surface area contributed by atoms with Crippen LogP contribution in [0, 0.1) is 0 Å². The Morgan fingerprint density at radius 2 is 1.17 bits per heavy atom. The molecule has 0 aliphatic heterocycles. The summed E-state index contributed by atoms with van der Waals surface area (Å²) in [5.74, 6) is 0. The minimum atomic E-state index is 0.287. The number of rotatable bonds is 3. The molecule has 0 radical (unpaired) electrons. The summed E-state index contributed by atoms with van der Waals surface area (Å²) < 4.78 is 0. The zero-order valence-electron chi connectivity index (χ0n) is 13.3. The Morgan fingerprint density at radius 3 is 1.74 bits per heavy atom. The second kappa shape index (κ2) is 7.75. The van der Waals surface area contributed by atoms with Gasteiger partial charge in [-0.25, -0.2) is 0 Å². The molecule has 3 aromatic carbocycles. The minimum absolute atomic E-state index is 0.287. The molecule has 23 heavy (non-hydrogen) atoms. The first kappa shape index (κ1) is 15.5. The molecule has 0 heterocycles. The van der Waals surface area contributed by atoms with E-state index in [1.54, 1.807) is 0 Å². The smallest absolute Gasteiger partial charge is 0.0434 e. The fourth-order valence-electron chi connectivity index (χ4n) is 3.01. The Morgan fingerprint density at radius 1 is 0.652 bits per heavy atom. The molecule has 0 saturated carbocycles. The van der Waals surface area contributed by atoms with Crippen molar-refractivity contribution in [2.24, 2.45) is 0 Å². The average Bonchev–Trinajstić information content (AvgIpc) is 3.00. The van der Waals surface area contributed by atoms with E-state index in [9.17, 15) is 0 Å². The van der Waals surface area contributed by atoms with Crippen LogP contribution in [0.4, 0.5) is 0 Å². The molecule has 0 saturated heterocycles. The van der Waals surface area contributed by atoms with Crippen LogP contribution in [0.2, 0.25) is 0 Å². The largest absolute Gasteiger partial charge is 0.396 e. The van der Waals surface area contributed by atoms with Crippen molar-refractivity contribution < 1.29 is 5.11 Å². The van der Waals surface area contributed by atoms with Crippen LogP contribution >= 0.6 is 0 Å². The normalized spacial score (nSPS) is 11.2. The number of hydrogen-bond acceptors (Lipinski definition) is 1. The Labute approximate surface area is 138 Å². The van der Waals surface area contributed by atoms with Crippen molar-refractivity contribution >= 4 is 0 Å². The molecule has 0 bridgehead atoms. The third-order valence-electron chi connectivity index (χ3n) is 4.17. The highest BCUT2D eigenvalue weighted by molar-refractivity contribution is 5.76. The van der Waals surface area contributed by atoms with Gasteiger partial charge in [0.25, 0.3) is 0 Å². The van der Waals surface area contributed by atoms with Gasteiger partial charge in [0.1, 0.15) is 0 Å². The highest BCUT2D eigenvalue weighted by Crippen LogP contribution is 2.35. The monoisotopic (exact) mass is 302 g/mol. The van der Waals surface area contributed by atoms with Crippen LogP contribution in [0.1, 0.15) is 23.1 Å². The first-order valence-corrected chi connectivity index (χ1v) is 8.19. The van der Waals surface area contributed by atoms with Crippen molar-refractivity contribution in [1.82, 2.24) is 0 Å². The van der Waals surface area contributed by atoms with Crippen molar-refractivity contribution in [1.29, 1.82) is 0 Å². The van der Waals surface area contributed by atoms with E-state index >= 15 is 0 Å². The van der Waals surface area contributed by atoms with Gasteiger partial charge >= 0.3 is 0 Å². The second-order valence-corrected chi connectivity index (χ2v) is 5.80. The van der Waals surface area contributed by atoms with E-state index in [1.165, 1.54) is 27.8 Å². The van der Waals surface area contributed by atoms with Crippen LogP contribution in [0.25, 0.3) is 11.1 Å². The Kier molecular flexibility index (Phi) is 5.23. The quantitative estimate of drug-likeness (QED) is 0.572. The van der Waals surface area contributed by atoms with Crippen LogP contribution < -0.4 is 0 Å². The second-order valence-electron chi connectivity index (χ2n) is 5.80. The average molecular weight is 302 g/mol. The lowest BCUT2D eigenvalue weighted by atomic mass is 10.1. The van der Waals surface area contributed by atoms with E-state index in [2.05, 4.69) is 60.7 Å². The predicted octanol–water partition coefficient (Wildman–Crippen LogP) is 4.87. The molecule has 1 heteroatoms. The highest BCUT2D eigenvalue weighted by atomic mass is 16.2. The summed E-state index contributed by atoms with van der Waals surface area (Å²) in [6.45, 7) is 0.287. The first-order chi connectivity index (χ1) is 11.4. The van der Waals surface area contributed by atoms with E-state index < -0.39 is 0 Å². The maximum atomic E-state index is 8.53. The fourth-order valence-corrected chi connectivity index (χ4v) is 3.01. The molecular formula is C22H22O. The van der Waals surface area contributed by atoms with Crippen LogP contribution in [0.15, 0.2) is 78.9 Å². The van der Waals surface area contributed by atoms with Crippen molar-refractivity contribution in [3.8, 4) is 11.1 Å². The lowest BCUT2D eigenvalue weighted by molar-refractivity contribution is 0.288. The topological polar surface area (TPSA) is 20.2 Å². The van der Waals surface area contributed by atoms with E-state index in [-0.39, 0.29) is 6.61 Å². The zero-order chi connectivity index (χ0) is 15.9. The van der Waals surface area contributed by atoms with Crippen molar-refractivity contribution in [2.75, 3.05) is 6.61 Å². The van der Waals surface area contributed by atoms with Crippen molar-refractivity contribution in [3.63, 3.8) is 0 Å². The highest BCUT2D eigenvalue weighted by Gasteiger charge is 2.15. The Balaban J connectivity index is 0.000000142. The van der Waals surface area contributed by atoms with Gasteiger partial charge in [-0.2, -0.15) is 0 Å². The molecule has 1 nitrogen and oxygen atoms in total. The van der Waals surface area contributed by atoms with Crippen LogP contribution in [0.5, 0.6) is 0 Å². The molecule has 0 atom stereocenters. The fraction of sp³-hybridized carbons (Fsp3) is 0.182. The third kappa shape index (κ3) is 3.88. The predicted molar refractivity (Wildman–Crippen MR) is 96.5 cm³/mol. The summed E-state index contributed by atoms with van der Waals surface area (Å²) >= 11 is 0. The summed E-state index contributed by atoms with van der Waals surface area (Å²) in [4.78, 5) is 0. The molecule has 1 N–H and O–H groups in total. The van der Waals surface area contributed by atoms with Crippen LogP contribution in [-0.2, 0) is 12.8 Å². The van der Waals surface area contributed by atoms with E-state index in [1.807, 2.05) is 18.2 Å². The van der Waals surface area contributed by atoms with Crippen LogP contribution in [0.3, 0.4) is 0 Å². The van der Waals surface area contributed by atoms with E-state index in [0.29, 0.717) is 0 Å². The summed E-state index contributed by atoms with van der Waals surface area (Å²) in [5, 5.41) is 8.53. The molecule has 0 amide bonds. The van der Waals surface area contributed by atoms with Gasteiger partial charge in [-0.3, -0.25) is 0 Å². The number of aryl methyl sites for hydroxylation is 1. The maximum Gasteiger partial charge on any atom is 0.0434 e. The molecule has 1 aliphatic rings. The van der Waals surface area contributed by atoms with Gasteiger partial charge in [-0.1, -0.05) is 78.9 Å². The lowest BCUT2D eigenvalue weighted by Gasteiger charge is -1.98. The Hall–Kier alpha value is -2.38. The molecule has 0 unspecified atom stereocenters. The van der Waals surface area contributed by atoms with Gasteiger partial charge in [-0.15, -0.1) is 0 Å². The van der Waals surface area contributed by atoms with Gasteiger partial charge < -0.3 is 5.11 Å². The summed E-state index contributed by atoms with van der Waals surface area (Å²) in [6, 6.07) is 27.5. The molecule has 0 fully saturated rings. The summed E-state index contributed by atoms with van der Waals surface area (Å²) in [7, 11) is 0. The zero-order valence-corrected chi connectivity index (χ0v) is 13.3. The first-order valence-electron chi connectivity index (χ1n) is 8.19. The van der Waals surface area contributed by atoms with Gasteiger partial charge in [0.05, 0.1) is 0 Å². The van der Waals surface area contributed by atoms with Gasteiger partial charge in [-0.05, 0) is 47.1 Å². The van der Waals surface area contributed by atoms with Crippen molar-refractivity contribution in [3.05, 3.63) is 95.6 Å². The minimum Gasteiger partial charge on any atom is -0.396 e. The lowest BCUT2D eigenvalue weighted by Crippen LogP contribution is -1.87. The standard InChI is InChI=1S/C13H10.C9H12O/c1-3-7-12-10(5-1)9-11-6-2-4-8-13(11)12;10-8-4-7-9-5-2-1-3-6-9/h1-8H,9H2;1-3,5-6,10H,4,7-8H2. The molecule has 0 aromatic heterocycles. The number of aliphatic hydroxyl groups is 1. The maximum absolute atomic E-state index is 8.53. The molecule has 4 rings (SSSR count). The van der Waals surface area contributed by atoms with Gasteiger partial charge in [0.15, 0.2) is 0 Å². The molecule has 1 aliphatic carbocycles. The van der Waals surface area contributed by atoms with Gasteiger partial charge in [0, 0.05) is 6.61 Å². The van der Waals surface area contributed by atoms with Gasteiger partial charge in [0.2, 0.25) is 0 Å².